The maximum Gasteiger partial charge on any atom is 0.0991 e. The lowest BCUT2D eigenvalue weighted by Gasteiger charge is -2.24. The highest BCUT2D eigenvalue weighted by molar-refractivity contribution is 7.30. The van der Waals surface area contributed by atoms with E-state index in [1.165, 1.54) is 134 Å². The van der Waals surface area contributed by atoms with E-state index in [1.54, 1.807) is 0 Å². The Labute approximate surface area is 441 Å². The molecular weight excluding hydrogens is 961 g/mol. The number of thiophene rings is 5. The van der Waals surface area contributed by atoms with Gasteiger partial charge < -0.3 is 9.80 Å². The number of benzene rings is 4. The third kappa shape index (κ3) is 11.5. The van der Waals surface area contributed by atoms with Crippen molar-refractivity contribution in [3.05, 3.63) is 157 Å². The lowest BCUT2D eigenvalue weighted by Crippen LogP contribution is -2.25. The molecule has 9 rings (SSSR count). The van der Waals surface area contributed by atoms with Gasteiger partial charge in [-0.15, -0.1) is 56.7 Å². The van der Waals surface area contributed by atoms with Crippen LogP contribution in [0.4, 0.5) is 11.4 Å². The number of rotatable bonds is 22. The number of anilines is 2. The molecular formula is C62H60N4S5. The van der Waals surface area contributed by atoms with E-state index >= 15 is 0 Å². The Hall–Kier alpha value is -6.04. The topological polar surface area (TPSA) is 54.1 Å². The van der Waals surface area contributed by atoms with Gasteiger partial charge in [-0.1, -0.05) is 102 Å². The lowest BCUT2D eigenvalue weighted by atomic mass is 10.0. The third-order valence-electron chi connectivity index (χ3n) is 13.0. The molecule has 358 valence electrons. The van der Waals surface area contributed by atoms with Crippen LogP contribution in [0.3, 0.4) is 0 Å². The van der Waals surface area contributed by atoms with Gasteiger partial charge in [0.25, 0.3) is 0 Å². The second-order valence-corrected chi connectivity index (χ2v) is 23.4. The Balaban J connectivity index is 1.17. The first-order valence-corrected chi connectivity index (χ1v) is 29.3. The van der Waals surface area contributed by atoms with E-state index in [-0.39, 0.29) is 0 Å². The smallest absolute Gasteiger partial charge is 0.0991 e. The summed E-state index contributed by atoms with van der Waals surface area (Å²) in [5.41, 5.74) is 11.2. The Morgan fingerprint density at radius 3 is 0.887 bits per heavy atom. The van der Waals surface area contributed by atoms with E-state index < -0.39 is 0 Å². The van der Waals surface area contributed by atoms with Crippen molar-refractivity contribution in [2.24, 2.45) is 0 Å². The fourth-order valence-electron chi connectivity index (χ4n) is 8.96. The van der Waals surface area contributed by atoms with Crippen LogP contribution in [0.2, 0.25) is 0 Å². The maximum atomic E-state index is 9.58. The molecule has 4 aromatic carbocycles. The van der Waals surface area contributed by atoms with Crippen molar-refractivity contribution < 1.29 is 0 Å². The Bertz CT molecular complexity index is 3200. The first-order valence-electron chi connectivity index (χ1n) is 25.2. The van der Waals surface area contributed by atoms with Crippen LogP contribution in [0.25, 0.3) is 82.2 Å². The molecule has 0 bridgehead atoms. The Morgan fingerprint density at radius 2 is 0.592 bits per heavy atom. The molecule has 0 aliphatic heterocycles. The van der Waals surface area contributed by atoms with Crippen molar-refractivity contribution >= 4 is 68.1 Å². The molecule has 0 saturated carbocycles. The maximum absolute atomic E-state index is 9.58. The summed E-state index contributed by atoms with van der Waals surface area (Å²) in [5, 5.41) is 19.1. The SMILES string of the molecule is CCCCN(CCCC)c1ccc(-c2ccc(-c3sc(-c4ccc(-c5ccc(C#N)cc5)s4)c(-c4ccc(-c5ccc(C#N)cc5)s4)c3-c3ccc(-c4ccc(N(CCCC)CCCC)cc4)s3)s2)cc1. The molecule has 0 saturated heterocycles. The van der Waals surface area contributed by atoms with Crippen molar-refractivity contribution in [1.29, 1.82) is 10.5 Å². The van der Waals surface area contributed by atoms with Crippen LogP contribution in [0.5, 0.6) is 0 Å². The highest BCUT2D eigenvalue weighted by Gasteiger charge is 2.28. The first kappa shape index (κ1) is 49.9. The summed E-state index contributed by atoms with van der Waals surface area (Å²) in [6.45, 7) is 13.5. The molecule has 0 atom stereocenters. The van der Waals surface area contributed by atoms with Gasteiger partial charge in [-0.3, -0.25) is 0 Å². The molecule has 9 aromatic rings. The number of hydrogen-bond acceptors (Lipinski definition) is 9. The molecule has 0 aliphatic rings. The summed E-state index contributed by atoms with van der Waals surface area (Å²) in [4.78, 5) is 17.5. The predicted octanol–water partition coefficient (Wildman–Crippen LogP) is 19.9. The minimum absolute atomic E-state index is 0.661. The minimum atomic E-state index is 0.661. The standard InChI is InChI=1S/C62H60N4S5/c1-5-9-37-65(38-10-6-2)49-25-21-47(22-26-49)52-30-34-56(68-52)60-59(55-33-29-51(67-55)45-17-13-43(41-63)14-18-45)61(57-35-31-53(69-57)46-19-15-44(42-64)16-20-46)71-62(60)58-36-32-54(70-58)48-23-27-50(28-24-48)66(39-11-7-3)40-12-8-4/h13-36H,5-12,37-40H2,1-4H3. The van der Waals surface area contributed by atoms with E-state index in [1.807, 2.05) is 80.9 Å². The predicted molar refractivity (Wildman–Crippen MR) is 313 cm³/mol. The molecule has 0 amide bonds. The van der Waals surface area contributed by atoms with Crippen LogP contribution in [-0.4, -0.2) is 26.2 Å². The van der Waals surface area contributed by atoms with Gasteiger partial charge in [0.15, 0.2) is 0 Å². The molecule has 4 nitrogen and oxygen atoms in total. The average Bonchev–Trinajstić information content (AvgIpc) is 4.29. The van der Waals surface area contributed by atoms with Gasteiger partial charge in [-0.25, -0.2) is 0 Å². The summed E-state index contributed by atoms with van der Waals surface area (Å²) in [6, 6.07) is 57.4. The zero-order valence-corrected chi connectivity index (χ0v) is 45.3. The zero-order valence-electron chi connectivity index (χ0n) is 41.2. The average molecular weight is 1020 g/mol. The second-order valence-electron chi connectivity index (χ2n) is 18.0. The summed E-state index contributed by atoms with van der Waals surface area (Å²) >= 11 is 9.30. The van der Waals surface area contributed by atoms with E-state index in [0.29, 0.717) is 11.1 Å². The zero-order chi connectivity index (χ0) is 49.1. The number of unbranched alkanes of at least 4 members (excludes halogenated alkanes) is 4. The largest absolute Gasteiger partial charge is 0.372 e. The van der Waals surface area contributed by atoms with E-state index in [0.717, 1.165) is 37.3 Å². The quantitative estimate of drug-likeness (QED) is 0.0679. The Morgan fingerprint density at radius 1 is 0.324 bits per heavy atom. The molecule has 5 aromatic heterocycles. The van der Waals surface area contributed by atoms with Gasteiger partial charge in [0.2, 0.25) is 0 Å². The fraction of sp³-hybridized carbons (Fsp3) is 0.258. The van der Waals surface area contributed by atoms with Gasteiger partial charge in [0.05, 0.1) is 33.0 Å². The molecule has 0 unspecified atom stereocenters. The van der Waals surface area contributed by atoms with Crippen LogP contribution < -0.4 is 9.80 Å². The molecule has 0 radical (unpaired) electrons. The first-order chi connectivity index (χ1) is 34.9. The monoisotopic (exact) mass is 1020 g/mol. The third-order valence-corrected chi connectivity index (χ3v) is 19.2. The van der Waals surface area contributed by atoms with Gasteiger partial charge in [0.1, 0.15) is 0 Å². The van der Waals surface area contributed by atoms with Crippen molar-refractivity contribution in [1.82, 2.24) is 0 Å². The van der Waals surface area contributed by atoms with Gasteiger partial charge >= 0.3 is 0 Å². The van der Waals surface area contributed by atoms with E-state index in [4.69, 9.17) is 0 Å². The van der Waals surface area contributed by atoms with Crippen LogP contribution in [0.15, 0.2) is 146 Å². The number of nitriles is 2. The van der Waals surface area contributed by atoms with Crippen LogP contribution in [-0.2, 0) is 0 Å². The van der Waals surface area contributed by atoms with E-state index in [2.05, 4.69) is 171 Å². The molecule has 5 heterocycles. The van der Waals surface area contributed by atoms with Crippen molar-refractivity contribution in [3.63, 3.8) is 0 Å². The summed E-state index contributed by atoms with van der Waals surface area (Å²) in [6.07, 6.45) is 9.57. The van der Waals surface area contributed by atoms with E-state index in [9.17, 15) is 10.5 Å². The summed E-state index contributed by atoms with van der Waals surface area (Å²) in [7, 11) is 0. The van der Waals surface area contributed by atoms with Gasteiger partial charge in [-0.05, 0) is 145 Å². The highest BCUT2D eigenvalue weighted by atomic mass is 32.1. The molecule has 71 heavy (non-hydrogen) atoms. The normalized spacial score (nSPS) is 11.2. The molecule has 9 heteroatoms. The van der Waals surface area contributed by atoms with Crippen LogP contribution in [0, 0.1) is 22.7 Å². The lowest BCUT2D eigenvalue weighted by molar-refractivity contribution is 0.678. The van der Waals surface area contributed by atoms with Crippen molar-refractivity contribution in [2.45, 2.75) is 79.1 Å². The summed E-state index contributed by atoms with van der Waals surface area (Å²) < 4.78 is 0. The highest BCUT2D eigenvalue weighted by Crippen LogP contribution is 2.58. The van der Waals surface area contributed by atoms with Gasteiger partial charge in [0, 0.05) is 87.7 Å². The fourth-order valence-corrected chi connectivity index (χ4v) is 14.8. The Kier molecular flexibility index (Phi) is 16.8. The molecule has 0 spiro atoms. The second kappa shape index (κ2) is 23.9. The number of nitrogens with zero attached hydrogens (tertiary/aromatic N) is 4. The van der Waals surface area contributed by atoms with Crippen LogP contribution >= 0.6 is 56.7 Å². The molecule has 0 aliphatic carbocycles. The van der Waals surface area contributed by atoms with Crippen LogP contribution in [0.1, 0.15) is 90.2 Å². The minimum Gasteiger partial charge on any atom is -0.372 e. The molecule has 0 N–H and O–H groups in total. The number of hydrogen-bond donors (Lipinski definition) is 0. The van der Waals surface area contributed by atoms with Crippen molar-refractivity contribution in [2.75, 3.05) is 36.0 Å². The summed E-state index contributed by atoms with van der Waals surface area (Å²) in [5.74, 6) is 0. The van der Waals surface area contributed by atoms with Crippen molar-refractivity contribution in [3.8, 4) is 94.3 Å². The molecule has 0 fully saturated rings. The van der Waals surface area contributed by atoms with Gasteiger partial charge in [-0.2, -0.15) is 10.5 Å².